The van der Waals surface area contributed by atoms with Gasteiger partial charge < -0.3 is 11.5 Å². The zero-order chi connectivity index (χ0) is 12.0. The lowest BCUT2D eigenvalue weighted by Gasteiger charge is -2.10. The van der Waals surface area contributed by atoms with Crippen LogP contribution in [0, 0.1) is 0 Å². The Kier molecular flexibility index (Phi) is 4.47. The highest BCUT2D eigenvalue weighted by Crippen LogP contribution is 2.14. The SMILES string of the molecule is NC(=O)NC(=O)CCC(N)c1ccccc1. The van der Waals surface area contributed by atoms with Gasteiger partial charge in [0.1, 0.15) is 0 Å². The molecule has 1 unspecified atom stereocenters. The lowest BCUT2D eigenvalue weighted by Crippen LogP contribution is -2.35. The summed E-state index contributed by atoms with van der Waals surface area (Å²) in [5.74, 6) is -0.404. The second-order valence-electron chi connectivity index (χ2n) is 3.47. The molecule has 0 aromatic heterocycles. The number of imide groups is 1. The number of nitrogens with one attached hydrogen (secondary N) is 1. The van der Waals surface area contributed by atoms with Gasteiger partial charge in [-0.25, -0.2) is 4.79 Å². The van der Waals surface area contributed by atoms with Crippen LogP contribution in [0.1, 0.15) is 24.4 Å². The maximum absolute atomic E-state index is 11.1. The van der Waals surface area contributed by atoms with Crippen molar-refractivity contribution < 1.29 is 9.59 Å². The smallest absolute Gasteiger partial charge is 0.318 e. The van der Waals surface area contributed by atoms with E-state index < -0.39 is 11.9 Å². The highest BCUT2D eigenvalue weighted by Gasteiger charge is 2.09. The fraction of sp³-hybridized carbons (Fsp3) is 0.273. The Bertz CT molecular complexity index is 365. The van der Waals surface area contributed by atoms with Crippen LogP contribution in [-0.4, -0.2) is 11.9 Å². The summed E-state index contributed by atoms with van der Waals surface area (Å²) >= 11 is 0. The molecule has 0 fully saturated rings. The molecule has 0 aliphatic heterocycles. The Morgan fingerprint density at radius 2 is 1.88 bits per heavy atom. The number of rotatable bonds is 4. The van der Waals surface area contributed by atoms with Crippen LogP contribution in [0.3, 0.4) is 0 Å². The Morgan fingerprint density at radius 3 is 2.44 bits per heavy atom. The molecule has 1 aromatic rings. The first-order valence-corrected chi connectivity index (χ1v) is 4.99. The third-order valence-electron chi connectivity index (χ3n) is 2.17. The minimum atomic E-state index is -0.835. The number of primary amides is 1. The van der Waals surface area contributed by atoms with Crippen LogP contribution in [0.2, 0.25) is 0 Å². The summed E-state index contributed by atoms with van der Waals surface area (Å²) < 4.78 is 0. The van der Waals surface area contributed by atoms with E-state index in [0.717, 1.165) is 5.56 Å². The van der Waals surface area contributed by atoms with Gasteiger partial charge in [0.25, 0.3) is 0 Å². The van der Waals surface area contributed by atoms with Crippen LogP contribution < -0.4 is 16.8 Å². The molecule has 0 aliphatic carbocycles. The summed E-state index contributed by atoms with van der Waals surface area (Å²) in [6.07, 6.45) is 0.655. The molecule has 0 aliphatic rings. The summed E-state index contributed by atoms with van der Waals surface area (Å²) in [4.78, 5) is 21.5. The van der Waals surface area contributed by atoms with Gasteiger partial charge in [0.2, 0.25) is 5.91 Å². The van der Waals surface area contributed by atoms with Gasteiger partial charge in [-0.2, -0.15) is 0 Å². The van der Waals surface area contributed by atoms with Crippen LogP contribution >= 0.6 is 0 Å². The predicted molar refractivity (Wildman–Crippen MR) is 60.3 cm³/mol. The van der Waals surface area contributed by atoms with Crippen molar-refractivity contribution in [2.45, 2.75) is 18.9 Å². The molecule has 16 heavy (non-hydrogen) atoms. The van der Waals surface area contributed by atoms with Gasteiger partial charge in [0.15, 0.2) is 0 Å². The average Bonchev–Trinajstić information content (AvgIpc) is 2.26. The number of hydrogen-bond acceptors (Lipinski definition) is 3. The van der Waals surface area contributed by atoms with Crippen molar-refractivity contribution in [2.24, 2.45) is 11.5 Å². The second kappa shape index (κ2) is 5.87. The molecule has 0 bridgehead atoms. The van der Waals surface area contributed by atoms with Crippen molar-refractivity contribution in [1.82, 2.24) is 5.32 Å². The monoisotopic (exact) mass is 221 g/mol. The van der Waals surface area contributed by atoms with Crippen LogP contribution in [0.15, 0.2) is 30.3 Å². The molecule has 5 nitrogen and oxygen atoms in total. The van der Waals surface area contributed by atoms with Crippen LogP contribution in [0.4, 0.5) is 4.79 Å². The molecule has 0 spiro atoms. The summed E-state index contributed by atoms with van der Waals surface area (Å²) in [5.41, 5.74) is 11.7. The number of urea groups is 1. The quantitative estimate of drug-likeness (QED) is 0.696. The van der Waals surface area contributed by atoms with Crippen molar-refractivity contribution in [3.63, 3.8) is 0 Å². The van der Waals surface area contributed by atoms with Gasteiger partial charge in [-0.15, -0.1) is 0 Å². The zero-order valence-electron chi connectivity index (χ0n) is 8.85. The molecule has 0 heterocycles. The number of nitrogens with two attached hydrogens (primary N) is 2. The summed E-state index contributed by atoms with van der Waals surface area (Å²) in [6, 6.07) is 8.43. The predicted octanol–water partition coefficient (Wildman–Crippen LogP) is 0.662. The molecule has 1 aromatic carbocycles. The fourth-order valence-corrected chi connectivity index (χ4v) is 1.35. The molecular formula is C11H15N3O2. The zero-order valence-corrected chi connectivity index (χ0v) is 8.85. The molecule has 5 N–H and O–H groups in total. The van der Waals surface area contributed by atoms with E-state index in [2.05, 4.69) is 0 Å². The topological polar surface area (TPSA) is 98.2 Å². The van der Waals surface area contributed by atoms with Crippen LogP contribution in [0.25, 0.3) is 0 Å². The molecule has 3 amide bonds. The normalized spacial score (nSPS) is 11.8. The molecule has 0 radical (unpaired) electrons. The van der Waals surface area contributed by atoms with Crippen molar-refractivity contribution in [3.05, 3.63) is 35.9 Å². The van der Waals surface area contributed by atoms with E-state index in [1.54, 1.807) is 0 Å². The van der Waals surface area contributed by atoms with E-state index in [-0.39, 0.29) is 12.5 Å². The molecule has 5 heteroatoms. The van der Waals surface area contributed by atoms with Gasteiger partial charge in [-0.05, 0) is 12.0 Å². The van der Waals surface area contributed by atoms with E-state index in [9.17, 15) is 9.59 Å². The summed E-state index contributed by atoms with van der Waals surface area (Å²) in [7, 11) is 0. The minimum absolute atomic E-state index is 0.180. The molecule has 0 saturated heterocycles. The average molecular weight is 221 g/mol. The van der Waals surface area contributed by atoms with Gasteiger partial charge in [-0.1, -0.05) is 30.3 Å². The van der Waals surface area contributed by atoms with Crippen LogP contribution in [-0.2, 0) is 4.79 Å². The minimum Gasteiger partial charge on any atom is -0.351 e. The van der Waals surface area contributed by atoms with Crippen molar-refractivity contribution in [1.29, 1.82) is 0 Å². The second-order valence-corrected chi connectivity index (χ2v) is 3.47. The van der Waals surface area contributed by atoms with E-state index in [0.29, 0.717) is 6.42 Å². The standard InChI is InChI=1S/C11H15N3O2/c12-9(8-4-2-1-3-5-8)6-7-10(15)14-11(13)16/h1-5,9H,6-7,12H2,(H3,13,14,15,16). The fourth-order valence-electron chi connectivity index (χ4n) is 1.35. The van der Waals surface area contributed by atoms with Crippen molar-refractivity contribution >= 4 is 11.9 Å². The maximum Gasteiger partial charge on any atom is 0.318 e. The summed E-state index contributed by atoms with van der Waals surface area (Å²) in [6.45, 7) is 0. The van der Waals surface area contributed by atoms with Crippen molar-refractivity contribution in [3.8, 4) is 0 Å². The number of carbonyl (C=O) groups excluding carboxylic acids is 2. The number of amides is 3. The van der Waals surface area contributed by atoms with Crippen LogP contribution in [0.5, 0.6) is 0 Å². The van der Waals surface area contributed by atoms with Gasteiger partial charge in [0.05, 0.1) is 0 Å². The van der Waals surface area contributed by atoms with E-state index in [4.69, 9.17) is 11.5 Å². The number of hydrogen-bond donors (Lipinski definition) is 3. The first-order chi connectivity index (χ1) is 7.59. The lowest BCUT2D eigenvalue weighted by atomic mass is 10.0. The third kappa shape index (κ3) is 4.10. The maximum atomic E-state index is 11.1. The molecular weight excluding hydrogens is 206 g/mol. The van der Waals surface area contributed by atoms with E-state index in [1.807, 2.05) is 35.6 Å². The van der Waals surface area contributed by atoms with Gasteiger partial charge >= 0.3 is 6.03 Å². The molecule has 86 valence electrons. The van der Waals surface area contributed by atoms with Crippen molar-refractivity contribution in [2.75, 3.05) is 0 Å². The third-order valence-corrected chi connectivity index (χ3v) is 2.17. The molecule has 1 rings (SSSR count). The number of benzene rings is 1. The Hall–Kier alpha value is -1.88. The summed E-state index contributed by atoms with van der Waals surface area (Å²) in [5, 5.41) is 1.99. The van der Waals surface area contributed by atoms with Gasteiger partial charge in [0, 0.05) is 12.5 Å². The highest BCUT2D eigenvalue weighted by atomic mass is 16.2. The first kappa shape index (κ1) is 12.2. The molecule has 1 atom stereocenters. The largest absolute Gasteiger partial charge is 0.351 e. The lowest BCUT2D eigenvalue weighted by molar-refractivity contribution is -0.120. The van der Waals surface area contributed by atoms with Gasteiger partial charge in [-0.3, -0.25) is 10.1 Å². The Balaban J connectivity index is 2.39. The van der Waals surface area contributed by atoms with E-state index >= 15 is 0 Å². The Labute approximate surface area is 93.8 Å². The van der Waals surface area contributed by atoms with E-state index in [1.165, 1.54) is 0 Å². The Morgan fingerprint density at radius 1 is 1.25 bits per heavy atom. The molecule has 0 saturated carbocycles. The first-order valence-electron chi connectivity index (χ1n) is 4.99. The number of carbonyl (C=O) groups is 2. The highest BCUT2D eigenvalue weighted by molar-refractivity contribution is 5.93.